The van der Waals surface area contributed by atoms with Crippen LogP contribution in [0.15, 0.2) is 91.3 Å². The number of rotatable bonds is 6. The first-order valence-corrected chi connectivity index (χ1v) is 11.3. The Hall–Kier alpha value is -2.81. The first kappa shape index (κ1) is 20.1. The molecular formula is C27H23Cl2N2+. The Labute approximate surface area is 192 Å². The second-order valence-electron chi connectivity index (χ2n) is 7.90. The zero-order valence-electron chi connectivity index (χ0n) is 17.1. The molecule has 154 valence electrons. The van der Waals surface area contributed by atoms with Gasteiger partial charge in [-0.3, -0.25) is 0 Å². The van der Waals surface area contributed by atoms with Crippen molar-refractivity contribution in [3.8, 4) is 0 Å². The van der Waals surface area contributed by atoms with Gasteiger partial charge in [0.25, 0.3) is 10.3 Å². The third-order valence-corrected chi connectivity index (χ3v) is 6.80. The molecule has 0 atom stereocenters. The van der Waals surface area contributed by atoms with Gasteiger partial charge in [-0.1, -0.05) is 84.9 Å². The summed E-state index contributed by atoms with van der Waals surface area (Å²) >= 11 is 13.1. The van der Waals surface area contributed by atoms with Crippen molar-refractivity contribution in [2.45, 2.75) is 25.9 Å². The summed E-state index contributed by atoms with van der Waals surface area (Å²) in [5.74, 6) is 0. The first-order valence-electron chi connectivity index (χ1n) is 10.6. The summed E-state index contributed by atoms with van der Waals surface area (Å²) < 4.78 is 4.09. The van der Waals surface area contributed by atoms with E-state index >= 15 is 0 Å². The van der Waals surface area contributed by atoms with Crippen molar-refractivity contribution in [2.24, 2.45) is 0 Å². The number of halogens is 2. The van der Waals surface area contributed by atoms with Crippen LogP contribution >= 0.6 is 23.2 Å². The monoisotopic (exact) mass is 445 g/mol. The Kier molecular flexibility index (Phi) is 5.67. The molecule has 0 spiro atoms. The fourth-order valence-electron chi connectivity index (χ4n) is 4.21. The second-order valence-corrected chi connectivity index (χ2v) is 8.62. The van der Waals surface area contributed by atoms with Crippen molar-refractivity contribution in [3.05, 3.63) is 113 Å². The first-order chi connectivity index (χ1) is 15.2. The molecule has 5 aromatic rings. The third-order valence-electron chi connectivity index (χ3n) is 5.91. The lowest BCUT2D eigenvalue weighted by atomic mass is 10.0. The van der Waals surface area contributed by atoms with Crippen molar-refractivity contribution < 1.29 is 4.57 Å². The van der Waals surface area contributed by atoms with Crippen molar-refractivity contribution >= 4 is 44.7 Å². The Morgan fingerprint density at radius 3 is 2.32 bits per heavy atom. The summed E-state index contributed by atoms with van der Waals surface area (Å²) in [6.45, 7) is 1.58. The average Bonchev–Trinajstić information content (AvgIpc) is 3.09. The molecule has 0 saturated carbocycles. The van der Waals surface area contributed by atoms with E-state index in [1.807, 2.05) is 15.5 Å². The van der Waals surface area contributed by atoms with Crippen molar-refractivity contribution in [1.29, 1.82) is 0 Å². The smallest absolute Gasteiger partial charge is 0.219 e. The number of aryl methyl sites for hydroxylation is 4. The zero-order chi connectivity index (χ0) is 21.2. The summed E-state index contributed by atoms with van der Waals surface area (Å²) in [5.41, 5.74) is 2.61. The minimum atomic E-state index is 0.598. The highest BCUT2D eigenvalue weighted by atomic mass is 35.5. The van der Waals surface area contributed by atoms with Gasteiger partial charge in [-0.15, -0.1) is 0 Å². The minimum Gasteiger partial charge on any atom is -0.219 e. The molecule has 2 nitrogen and oxygen atoms in total. The molecule has 0 unspecified atom stereocenters. The van der Waals surface area contributed by atoms with E-state index in [1.54, 1.807) is 0 Å². The summed E-state index contributed by atoms with van der Waals surface area (Å²) in [4.78, 5) is 0. The number of benzene rings is 4. The predicted octanol–water partition coefficient (Wildman–Crippen LogP) is 6.87. The molecule has 0 fully saturated rings. The van der Waals surface area contributed by atoms with Gasteiger partial charge in [0.05, 0.1) is 13.1 Å². The van der Waals surface area contributed by atoms with Gasteiger partial charge in [-0.05, 0) is 55.9 Å². The van der Waals surface area contributed by atoms with Gasteiger partial charge in [-0.25, -0.2) is 9.13 Å². The van der Waals surface area contributed by atoms with Gasteiger partial charge in [0.1, 0.15) is 0 Å². The molecule has 0 N–H and O–H groups in total. The maximum Gasteiger partial charge on any atom is 0.255 e. The van der Waals surface area contributed by atoms with Gasteiger partial charge in [0.2, 0.25) is 6.33 Å². The maximum atomic E-state index is 6.57. The van der Waals surface area contributed by atoms with Gasteiger partial charge < -0.3 is 0 Å². The molecule has 0 amide bonds. The third kappa shape index (κ3) is 4.19. The molecule has 0 aliphatic rings. The lowest BCUT2D eigenvalue weighted by Crippen LogP contribution is -2.34. The minimum absolute atomic E-state index is 0.598. The van der Waals surface area contributed by atoms with Gasteiger partial charge in [0.15, 0.2) is 0 Å². The average molecular weight is 446 g/mol. The molecule has 0 aliphatic heterocycles. The SMILES string of the molecule is Clc1c(Cl)[n+](CCc2cccc3ccccc23)cn1CCc1ccc2ccccc2c1. The normalized spacial score (nSPS) is 11.4. The predicted molar refractivity (Wildman–Crippen MR) is 130 cm³/mol. The summed E-state index contributed by atoms with van der Waals surface area (Å²) in [6.07, 6.45) is 3.84. The van der Waals surface area contributed by atoms with E-state index in [0.717, 1.165) is 25.9 Å². The topological polar surface area (TPSA) is 8.81 Å². The number of imidazole rings is 1. The van der Waals surface area contributed by atoms with E-state index in [-0.39, 0.29) is 0 Å². The van der Waals surface area contributed by atoms with Crippen LogP contribution < -0.4 is 4.57 Å². The number of fused-ring (bicyclic) bond motifs is 2. The van der Waals surface area contributed by atoms with Gasteiger partial charge >= 0.3 is 0 Å². The largest absolute Gasteiger partial charge is 0.255 e. The highest BCUT2D eigenvalue weighted by Gasteiger charge is 2.20. The molecule has 0 saturated heterocycles. The van der Waals surface area contributed by atoms with Crippen molar-refractivity contribution in [3.63, 3.8) is 0 Å². The molecule has 4 aromatic carbocycles. The van der Waals surface area contributed by atoms with E-state index in [1.165, 1.54) is 32.7 Å². The number of aromatic nitrogens is 2. The molecule has 1 heterocycles. The number of hydrogen-bond donors (Lipinski definition) is 0. The Balaban J connectivity index is 1.31. The van der Waals surface area contributed by atoms with Crippen LogP contribution in [0.5, 0.6) is 0 Å². The fourth-order valence-corrected chi connectivity index (χ4v) is 4.69. The number of nitrogens with zero attached hydrogens (tertiary/aromatic N) is 2. The summed E-state index contributed by atoms with van der Waals surface area (Å²) in [7, 11) is 0. The van der Waals surface area contributed by atoms with Crippen LogP contribution in [0, 0.1) is 0 Å². The molecule has 0 aliphatic carbocycles. The van der Waals surface area contributed by atoms with E-state index < -0.39 is 0 Å². The molecular weight excluding hydrogens is 423 g/mol. The summed E-state index contributed by atoms with van der Waals surface area (Å²) in [5, 5.41) is 6.28. The Bertz CT molecular complexity index is 1370. The lowest BCUT2D eigenvalue weighted by molar-refractivity contribution is -0.693. The summed E-state index contributed by atoms with van der Waals surface area (Å²) in [6, 6.07) is 30.0. The molecule has 4 heteroatoms. The second kappa shape index (κ2) is 8.74. The standard InChI is InChI=1S/C27H23Cl2N2/c28-26-27(29)31(17-15-23-10-5-9-22-7-3-4-11-25(22)23)19-30(26)16-14-20-12-13-21-6-1-2-8-24(21)18-20/h1-13,18-19H,14-17H2/q+1. The van der Waals surface area contributed by atoms with E-state index in [4.69, 9.17) is 23.2 Å². The zero-order valence-corrected chi connectivity index (χ0v) is 18.7. The molecule has 1 aromatic heterocycles. The molecule has 5 rings (SSSR count). The highest BCUT2D eigenvalue weighted by molar-refractivity contribution is 6.39. The van der Waals surface area contributed by atoms with Gasteiger partial charge in [-0.2, -0.15) is 0 Å². The van der Waals surface area contributed by atoms with Crippen LogP contribution in [0.25, 0.3) is 21.5 Å². The van der Waals surface area contributed by atoms with Crippen LogP contribution in [0.1, 0.15) is 11.1 Å². The van der Waals surface area contributed by atoms with Crippen LogP contribution in [-0.4, -0.2) is 4.57 Å². The molecule has 31 heavy (non-hydrogen) atoms. The van der Waals surface area contributed by atoms with Crippen LogP contribution in [0.2, 0.25) is 10.3 Å². The van der Waals surface area contributed by atoms with E-state index in [2.05, 4.69) is 84.9 Å². The Morgan fingerprint density at radius 1 is 0.710 bits per heavy atom. The quantitative estimate of drug-likeness (QED) is 0.252. The van der Waals surface area contributed by atoms with E-state index in [9.17, 15) is 0 Å². The maximum absolute atomic E-state index is 6.57. The fraction of sp³-hybridized carbons (Fsp3) is 0.148. The molecule has 0 bridgehead atoms. The van der Waals surface area contributed by atoms with Crippen LogP contribution in [-0.2, 0) is 25.9 Å². The van der Waals surface area contributed by atoms with Gasteiger partial charge in [0, 0.05) is 12.8 Å². The lowest BCUT2D eigenvalue weighted by Gasteiger charge is -2.05. The highest BCUT2D eigenvalue weighted by Crippen LogP contribution is 2.22. The van der Waals surface area contributed by atoms with E-state index in [0.29, 0.717) is 10.3 Å². The number of hydrogen-bond acceptors (Lipinski definition) is 0. The van der Waals surface area contributed by atoms with Crippen molar-refractivity contribution in [2.75, 3.05) is 0 Å². The van der Waals surface area contributed by atoms with Crippen LogP contribution in [0.4, 0.5) is 0 Å². The Morgan fingerprint density at radius 2 is 1.45 bits per heavy atom. The van der Waals surface area contributed by atoms with Crippen molar-refractivity contribution in [1.82, 2.24) is 4.57 Å². The molecule has 0 radical (unpaired) electrons. The van der Waals surface area contributed by atoms with Crippen LogP contribution in [0.3, 0.4) is 0 Å².